The second kappa shape index (κ2) is 9.55. The normalized spacial score (nSPS) is 15.4. The monoisotopic (exact) mass is 494 g/mol. The lowest BCUT2D eigenvalue weighted by Crippen LogP contribution is -2.15. The third-order valence-electron chi connectivity index (χ3n) is 6.42. The number of imidazole rings is 1. The van der Waals surface area contributed by atoms with Crippen molar-refractivity contribution in [1.29, 1.82) is 0 Å². The zero-order valence-corrected chi connectivity index (χ0v) is 20.7. The van der Waals surface area contributed by atoms with Gasteiger partial charge in [-0.15, -0.1) is 0 Å². The fraction of sp³-hybridized carbons (Fsp3) is 0.250. The molecule has 0 bridgehead atoms. The van der Waals surface area contributed by atoms with Crippen molar-refractivity contribution in [2.75, 3.05) is 0 Å². The lowest BCUT2D eigenvalue weighted by Gasteiger charge is -2.25. The fourth-order valence-corrected chi connectivity index (χ4v) is 5.84. The van der Waals surface area contributed by atoms with E-state index in [9.17, 15) is 8.78 Å². The molecule has 0 saturated heterocycles. The first-order valence-electron chi connectivity index (χ1n) is 11.4. The van der Waals surface area contributed by atoms with Crippen molar-refractivity contribution in [1.82, 2.24) is 9.55 Å². The molecule has 2 nitrogen and oxygen atoms in total. The summed E-state index contributed by atoms with van der Waals surface area (Å²) in [7, 11) is 0. The number of hydrogen-bond donors (Lipinski definition) is 0. The highest BCUT2D eigenvalue weighted by molar-refractivity contribution is 7.98. The molecule has 1 aliphatic carbocycles. The van der Waals surface area contributed by atoms with Crippen LogP contribution in [0.25, 0.3) is 5.69 Å². The number of fused-ring (bicyclic) bond motifs is 1. The van der Waals surface area contributed by atoms with Crippen LogP contribution in [0.15, 0.2) is 65.8 Å². The van der Waals surface area contributed by atoms with Gasteiger partial charge in [0.2, 0.25) is 0 Å². The van der Waals surface area contributed by atoms with Gasteiger partial charge in [-0.2, -0.15) is 0 Å². The molecule has 1 atom stereocenters. The molecule has 3 aromatic carbocycles. The van der Waals surface area contributed by atoms with Crippen LogP contribution in [0, 0.1) is 25.5 Å². The Morgan fingerprint density at radius 1 is 1.03 bits per heavy atom. The third kappa shape index (κ3) is 4.51. The number of aryl methyl sites for hydroxylation is 3. The molecule has 5 rings (SSSR count). The Kier molecular flexibility index (Phi) is 6.50. The maximum Gasteiger partial charge on any atom is 0.173 e. The van der Waals surface area contributed by atoms with Crippen molar-refractivity contribution in [3.8, 4) is 5.69 Å². The minimum absolute atomic E-state index is 0.155. The van der Waals surface area contributed by atoms with Crippen LogP contribution in [-0.4, -0.2) is 9.55 Å². The van der Waals surface area contributed by atoms with E-state index in [1.54, 1.807) is 18.2 Å². The Bertz CT molecular complexity index is 1350. The van der Waals surface area contributed by atoms with E-state index in [4.69, 9.17) is 16.6 Å². The van der Waals surface area contributed by atoms with Gasteiger partial charge in [0.05, 0.1) is 11.4 Å². The van der Waals surface area contributed by atoms with Crippen LogP contribution in [-0.2, 0) is 12.2 Å². The maximum absolute atomic E-state index is 14.4. The summed E-state index contributed by atoms with van der Waals surface area (Å²) in [4.78, 5) is 5.02. The first kappa shape index (κ1) is 23.1. The Balaban J connectivity index is 1.61. The van der Waals surface area contributed by atoms with Crippen LogP contribution < -0.4 is 0 Å². The zero-order valence-electron chi connectivity index (χ0n) is 19.1. The summed E-state index contributed by atoms with van der Waals surface area (Å²) in [6.07, 6.45) is 2.92. The first-order valence-corrected chi connectivity index (χ1v) is 12.8. The predicted octanol–water partition coefficient (Wildman–Crippen LogP) is 8.18. The molecule has 4 aromatic rings. The Morgan fingerprint density at radius 3 is 2.59 bits per heavy atom. The molecule has 0 aliphatic heterocycles. The molecular weight excluding hydrogens is 470 g/mol. The molecule has 174 valence electrons. The van der Waals surface area contributed by atoms with E-state index in [1.165, 1.54) is 35.5 Å². The number of benzene rings is 3. The van der Waals surface area contributed by atoms with E-state index in [1.807, 2.05) is 26.0 Å². The first-order chi connectivity index (χ1) is 16.4. The molecule has 1 aromatic heterocycles. The van der Waals surface area contributed by atoms with Crippen molar-refractivity contribution in [3.05, 3.63) is 111 Å². The molecule has 0 N–H and O–H groups in total. The highest BCUT2D eigenvalue weighted by Crippen LogP contribution is 2.41. The molecule has 34 heavy (non-hydrogen) atoms. The van der Waals surface area contributed by atoms with Gasteiger partial charge in [-0.25, -0.2) is 13.8 Å². The van der Waals surface area contributed by atoms with Crippen LogP contribution >= 0.6 is 23.4 Å². The summed E-state index contributed by atoms with van der Waals surface area (Å²) in [6.45, 7) is 3.98. The maximum atomic E-state index is 14.4. The highest BCUT2D eigenvalue weighted by atomic mass is 35.5. The Morgan fingerprint density at radius 2 is 1.82 bits per heavy atom. The number of hydrogen-bond acceptors (Lipinski definition) is 2. The second-order valence-corrected chi connectivity index (χ2v) is 10.2. The Labute approximate surface area is 208 Å². The van der Waals surface area contributed by atoms with Gasteiger partial charge >= 0.3 is 0 Å². The smallest absolute Gasteiger partial charge is 0.173 e. The largest absolute Gasteiger partial charge is 0.291 e. The number of nitrogens with zero attached hydrogens (tertiary/aromatic N) is 2. The SMILES string of the molecule is Cc1ccc(F)c(CSc2nc3c(n2-c2ccc(F)cc2)C(c2ccc(Cl)c(C)c2)CCC3)c1. The molecule has 1 unspecified atom stereocenters. The van der Waals surface area contributed by atoms with E-state index in [0.29, 0.717) is 11.3 Å². The van der Waals surface area contributed by atoms with E-state index in [2.05, 4.69) is 16.7 Å². The van der Waals surface area contributed by atoms with Gasteiger partial charge in [0.1, 0.15) is 11.6 Å². The summed E-state index contributed by atoms with van der Waals surface area (Å²) in [5, 5.41) is 1.55. The highest BCUT2D eigenvalue weighted by Gasteiger charge is 2.30. The van der Waals surface area contributed by atoms with Gasteiger partial charge in [-0.05, 0) is 86.2 Å². The minimum Gasteiger partial charge on any atom is -0.291 e. The molecular formula is C28H25ClF2N2S. The van der Waals surface area contributed by atoms with Gasteiger partial charge in [-0.1, -0.05) is 53.2 Å². The van der Waals surface area contributed by atoms with Gasteiger partial charge < -0.3 is 0 Å². The molecule has 0 radical (unpaired) electrons. The van der Waals surface area contributed by atoms with Crippen LogP contribution in [0.1, 0.15) is 52.4 Å². The Hall–Kier alpha value is -2.63. The number of thioether (sulfide) groups is 1. The lowest BCUT2D eigenvalue weighted by atomic mass is 9.83. The van der Waals surface area contributed by atoms with Crippen LogP contribution in [0.4, 0.5) is 8.78 Å². The standard InChI is InChI=1S/C28H25ClF2N2S/c1-17-6-13-25(31)20(14-17)16-34-28-32-26-5-3-4-23(19-7-12-24(29)18(2)15-19)27(26)33(28)22-10-8-21(30)9-11-22/h6-15,23H,3-5,16H2,1-2H3. The van der Waals surface area contributed by atoms with E-state index < -0.39 is 0 Å². The van der Waals surface area contributed by atoms with Crippen molar-refractivity contribution in [3.63, 3.8) is 0 Å². The molecule has 1 heterocycles. The molecule has 0 spiro atoms. The average molecular weight is 495 g/mol. The fourth-order valence-electron chi connectivity index (χ4n) is 4.71. The van der Waals surface area contributed by atoms with Gasteiger partial charge in [-0.3, -0.25) is 4.57 Å². The second-order valence-electron chi connectivity index (χ2n) is 8.88. The number of halogens is 3. The average Bonchev–Trinajstić information content (AvgIpc) is 3.20. The minimum atomic E-state index is -0.279. The van der Waals surface area contributed by atoms with E-state index in [-0.39, 0.29) is 17.6 Å². The quantitative estimate of drug-likeness (QED) is 0.260. The third-order valence-corrected chi connectivity index (χ3v) is 7.83. The molecule has 0 amide bonds. The van der Waals surface area contributed by atoms with E-state index >= 15 is 0 Å². The molecule has 0 fully saturated rings. The van der Waals surface area contributed by atoms with Crippen LogP contribution in [0.2, 0.25) is 5.02 Å². The van der Waals surface area contributed by atoms with Gasteiger partial charge in [0, 0.05) is 22.4 Å². The molecule has 6 heteroatoms. The van der Waals surface area contributed by atoms with Crippen LogP contribution in [0.3, 0.4) is 0 Å². The number of aromatic nitrogens is 2. The van der Waals surface area contributed by atoms with Gasteiger partial charge in [0.15, 0.2) is 5.16 Å². The van der Waals surface area contributed by atoms with Crippen molar-refractivity contribution < 1.29 is 8.78 Å². The lowest BCUT2D eigenvalue weighted by molar-refractivity contribution is 0.586. The van der Waals surface area contributed by atoms with Crippen molar-refractivity contribution in [2.24, 2.45) is 0 Å². The summed E-state index contributed by atoms with van der Waals surface area (Å²) < 4.78 is 30.3. The summed E-state index contributed by atoms with van der Waals surface area (Å²) in [5.41, 5.74) is 6.97. The van der Waals surface area contributed by atoms with Gasteiger partial charge in [0.25, 0.3) is 0 Å². The molecule has 1 aliphatic rings. The van der Waals surface area contributed by atoms with E-state index in [0.717, 1.165) is 57.6 Å². The zero-order chi connectivity index (χ0) is 23.8. The summed E-state index contributed by atoms with van der Waals surface area (Å²) in [5.74, 6) is 0.133. The summed E-state index contributed by atoms with van der Waals surface area (Å²) in [6, 6.07) is 17.9. The van der Waals surface area contributed by atoms with Crippen molar-refractivity contribution >= 4 is 23.4 Å². The summed E-state index contributed by atoms with van der Waals surface area (Å²) >= 11 is 7.82. The van der Waals surface area contributed by atoms with Crippen LogP contribution in [0.5, 0.6) is 0 Å². The van der Waals surface area contributed by atoms with Crippen molar-refractivity contribution in [2.45, 2.75) is 49.9 Å². The predicted molar refractivity (Wildman–Crippen MR) is 135 cm³/mol. The molecule has 0 saturated carbocycles. The number of rotatable bonds is 5. The topological polar surface area (TPSA) is 17.8 Å².